The molecule has 0 atom stereocenters. The second-order valence-electron chi connectivity index (χ2n) is 8.46. The molecule has 0 aliphatic carbocycles. The molecule has 0 bridgehead atoms. The monoisotopic (exact) mass is 455 g/mol. The van der Waals surface area contributed by atoms with Gasteiger partial charge in [0.25, 0.3) is 17.7 Å². The van der Waals surface area contributed by atoms with E-state index in [-0.39, 0.29) is 17.7 Å². The van der Waals surface area contributed by atoms with Crippen LogP contribution in [0.2, 0.25) is 0 Å². The van der Waals surface area contributed by atoms with E-state index in [1.165, 1.54) is 5.56 Å². The molecule has 2 aliphatic heterocycles. The molecular formula is C27H25N3O4. The van der Waals surface area contributed by atoms with Crippen molar-refractivity contribution in [2.75, 3.05) is 38.2 Å². The van der Waals surface area contributed by atoms with Crippen LogP contribution in [0.4, 0.5) is 5.69 Å². The molecule has 172 valence electrons. The van der Waals surface area contributed by atoms with Crippen molar-refractivity contribution in [3.63, 3.8) is 0 Å². The summed E-state index contributed by atoms with van der Waals surface area (Å²) in [5.74, 6) is 0.0106. The van der Waals surface area contributed by atoms with E-state index < -0.39 is 0 Å². The van der Waals surface area contributed by atoms with Crippen molar-refractivity contribution >= 4 is 23.4 Å². The van der Waals surface area contributed by atoms with E-state index >= 15 is 0 Å². The van der Waals surface area contributed by atoms with Gasteiger partial charge in [-0.2, -0.15) is 0 Å². The van der Waals surface area contributed by atoms with Crippen LogP contribution in [-0.4, -0.2) is 60.8 Å². The molecule has 7 nitrogen and oxygen atoms in total. The molecule has 34 heavy (non-hydrogen) atoms. The van der Waals surface area contributed by atoms with Gasteiger partial charge in [0.05, 0.1) is 23.9 Å². The summed E-state index contributed by atoms with van der Waals surface area (Å²) >= 11 is 0. The van der Waals surface area contributed by atoms with Crippen molar-refractivity contribution in [2.45, 2.75) is 6.54 Å². The second kappa shape index (κ2) is 9.11. The molecule has 0 unspecified atom stereocenters. The van der Waals surface area contributed by atoms with Crippen molar-refractivity contribution in [3.05, 3.63) is 95.1 Å². The Labute approximate surface area is 198 Å². The Kier molecular flexibility index (Phi) is 5.86. The predicted molar refractivity (Wildman–Crippen MR) is 128 cm³/mol. The second-order valence-corrected chi connectivity index (χ2v) is 8.46. The molecule has 0 spiro atoms. The normalized spacial score (nSPS) is 16.0. The SMILES string of the molecule is COc1cccc(CN2CCN(C(=O)c3cccc(N4C(=O)c5ccccc5C4=O)c3)CC2)c1. The first-order valence-corrected chi connectivity index (χ1v) is 11.3. The molecular weight excluding hydrogens is 430 g/mol. The number of ether oxygens (including phenoxy) is 1. The number of nitrogens with zero attached hydrogens (tertiary/aromatic N) is 3. The van der Waals surface area contributed by atoms with Crippen LogP contribution < -0.4 is 9.64 Å². The minimum Gasteiger partial charge on any atom is -0.497 e. The Bertz CT molecular complexity index is 1230. The third-order valence-electron chi connectivity index (χ3n) is 6.35. The number of fused-ring (bicyclic) bond motifs is 1. The zero-order valence-corrected chi connectivity index (χ0v) is 18.9. The van der Waals surface area contributed by atoms with Crippen LogP contribution in [0.5, 0.6) is 5.75 Å². The number of piperazine rings is 1. The van der Waals surface area contributed by atoms with Crippen molar-refractivity contribution in [1.82, 2.24) is 9.80 Å². The number of carbonyl (C=O) groups excluding carboxylic acids is 3. The molecule has 1 fully saturated rings. The largest absolute Gasteiger partial charge is 0.497 e. The van der Waals surface area contributed by atoms with E-state index in [1.54, 1.807) is 55.6 Å². The lowest BCUT2D eigenvalue weighted by atomic mass is 10.1. The van der Waals surface area contributed by atoms with E-state index in [0.29, 0.717) is 35.5 Å². The van der Waals surface area contributed by atoms with Gasteiger partial charge in [-0.1, -0.05) is 30.3 Å². The van der Waals surface area contributed by atoms with Gasteiger partial charge in [-0.05, 0) is 48.0 Å². The molecule has 0 aromatic heterocycles. The van der Waals surface area contributed by atoms with E-state index in [4.69, 9.17) is 4.74 Å². The molecule has 2 heterocycles. The van der Waals surface area contributed by atoms with Gasteiger partial charge in [0.2, 0.25) is 0 Å². The lowest BCUT2D eigenvalue weighted by molar-refractivity contribution is 0.0628. The summed E-state index contributed by atoms with van der Waals surface area (Å²) in [4.78, 5) is 44.1. The average molecular weight is 456 g/mol. The van der Waals surface area contributed by atoms with Gasteiger partial charge >= 0.3 is 0 Å². The van der Waals surface area contributed by atoms with E-state index in [0.717, 1.165) is 30.3 Å². The third kappa shape index (κ3) is 4.06. The highest BCUT2D eigenvalue weighted by Gasteiger charge is 2.36. The Balaban J connectivity index is 1.25. The molecule has 7 heteroatoms. The maximum Gasteiger partial charge on any atom is 0.266 e. The minimum absolute atomic E-state index is 0.0977. The van der Waals surface area contributed by atoms with Gasteiger partial charge in [-0.25, -0.2) is 4.90 Å². The number of rotatable bonds is 5. The smallest absolute Gasteiger partial charge is 0.266 e. The Morgan fingerprint density at radius 3 is 2.18 bits per heavy atom. The minimum atomic E-state index is -0.364. The van der Waals surface area contributed by atoms with Crippen LogP contribution in [-0.2, 0) is 6.54 Å². The van der Waals surface area contributed by atoms with Gasteiger partial charge in [0, 0.05) is 38.3 Å². The summed E-state index contributed by atoms with van der Waals surface area (Å²) in [5.41, 5.74) is 2.82. The number of carbonyl (C=O) groups is 3. The third-order valence-corrected chi connectivity index (χ3v) is 6.35. The van der Waals surface area contributed by atoms with Crippen LogP contribution in [0.15, 0.2) is 72.8 Å². The van der Waals surface area contributed by atoms with E-state index in [2.05, 4.69) is 11.0 Å². The van der Waals surface area contributed by atoms with Gasteiger partial charge in [-0.3, -0.25) is 19.3 Å². The average Bonchev–Trinajstić information content (AvgIpc) is 3.14. The van der Waals surface area contributed by atoms with Crippen LogP contribution in [0.25, 0.3) is 0 Å². The summed E-state index contributed by atoms with van der Waals surface area (Å²) in [5, 5.41) is 0. The first-order valence-electron chi connectivity index (χ1n) is 11.3. The number of methoxy groups -OCH3 is 1. The Morgan fingerprint density at radius 2 is 1.50 bits per heavy atom. The molecule has 1 saturated heterocycles. The van der Waals surface area contributed by atoms with E-state index in [1.807, 2.05) is 23.1 Å². The summed E-state index contributed by atoms with van der Waals surface area (Å²) in [6, 6.07) is 21.5. The highest BCUT2D eigenvalue weighted by atomic mass is 16.5. The highest BCUT2D eigenvalue weighted by molar-refractivity contribution is 6.34. The molecule has 0 N–H and O–H groups in total. The van der Waals surface area contributed by atoms with Gasteiger partial charge < -0.3 is 9.64 Å². The van der Waals surface area contributed by atoms with Crippen molar-refractivity contribution in [1.29, 1.82) is 0 Å². The number of anilines is 1. The first-order chi connectivity index (χ1) is 16.5. The quantitative estimate of drug-likeness (QED) is 0.551. The number of benzene rings is 3. The molecule has 3 aromatic carbocycles. The number of hydrogen-bond acceptors (Lipinski definition) is 5. The molecule has 3 amide bonds. The van der Waals surface area contributed by atoms with Crippen molar-refractivity contribution in [2.24, 2.45) is 0 Å². The standard InChI is InChI=1S/C27H25N3O4/c1-34-22-9-4-6-19(16-22)18-28-12-14-29(15-13-28)25(31)20-7-5-8-21(17-20)30-26(32)23-10-2-3-11-24(23)27(30)33/h2-11,16-17H,12-15,18H2,1H3. The molecule has 5 rings (SSSR count). The molecule has 0 radical (unpaired) electrons. The first kappa shape index (κ1) is 21.9. The number of imide groups is 1. The fourth-order valence-electron chi connectivity index (χ4n) is 4.52. The fourth-order valence-corrected chi connectivity index (χ4v) is 4.52. The van der Waals surface area contributed by atoms with Crippen LogP contribution in [0.1, 0.15) is 36.6 Å². The van der Waals surface area contributed by atoms with Crippen molar-refractivity contribution < 1.29 is 19.1 Å². The molecule has 0 saturated carbocycles. The fraction of sp³-hybridized carbons (Fsp3) is 0.222. The summed E-state index contributed by atoms with van der Waals surface area (Å²) in [6.45, 7) is 3.55. The van der Waals surface area contributed by atoms with Gasteiger partial charge in [0.15, 0.2) is 0 Å². The van der Waals surface area contributed by atoms with Gasteiger partial charge in [-0.15, -0.1) is 0 Å². The lowest BCUT2D eigenvalue weighted by Crippen LogP contribution is -2.48. The summed E-state index contributed by atoms with van der Waals surface area (Å²) < 4.78 is 5.30. The number of hydrogen-bond donors (Lipinski definition) is 0. The van der Waals surface area contributed by atoms with Crippen LogP contribution in [0.3, 0.4) is 0 Å². The van der Waals surface area contributed by atoms with Crippen LogP contribution >= 0.6 is 0 Å². The Hall–Kier alpha value is -3.97. The highest BCUT2D eigenvalue weighted by Crippen LogP contribution is 2.29. The van der Waals surface area contributed by atoms with Gasteiger partial charge in [0.1, 0.15) is 5.75 Å². The summed E-state index contributed by atoms with van der Waals surface area (Å²) in [7, 11) is 1.66. The predicted octanol–water partition coefficient (Wildman–Crippen LogP) is 3.45. The van der Waals surface area contributed by atoms with E-state index in [9.17, 15) is 14.4 Å². The zero-order valence-electron chi connectivity index (χ0n) is 18.9. The number of amides is 3. The maximum atomic E-state index is 13.2. The Morgan fingerprint density at radius 1 is 0.824 bits per heavy atom. The summed E-state index contributed by atoms with van der Waals surface area (Å²) in [6.07, 6.45) is 0. The molecule has 2 aliphatic rings. The topological polar surface area (TPSA) is 70.2 Å². The maximum absolute atomic E-state index is 13.2. The molecule has 3 aromatic rings. The van der Waals surface area contributed by atoms with Crippen LogP contribution in [0, 0.1) is 0 Å². The zero-order chi connectivity index (χ0) is 23.7. The lowest BCUT2D eigenvalue weighted by Gasteiger charge is -2.35. The van der Waals surface area contributed by atoms with Crippen molar-refractivity contribution in [3.8, 4) is 5.75 Å².